The van der Waals surface area contributed by atoms with E-state index in [4.69, 9.17) is 27.9 Å². The summed E-state index contributed by atoms with van der Waals surface area (Å²) in [4.78, 5) is 28.7. The number of amides is 2. The molecular formula is C30H35Cl2N3O5S. The molecule has 0 aromatic heterocycles. The Kier molecular flexibility index (Phi) is 10.3. The van der Waals surface area contributed by atoms with Crippen molar-refractivity contribution in [3.05, 3.63) is 87.9 Å². The van der Waals surface area contributed by atoms with Crippen molar-refractivity contribution in [1.82, 2.24) is 10.2 Å². The van der Waals surface area contributed by atoms with Crippen molar-refractivity contribution in [2.75, 3.05) is 18.0 Å². The summed E-state index contributed by atoms with van der Waals surface area (Å²) in [5.41, 5.74) is 0.950. The molecule has 11 heteroatoms. The molecule has 41 heavy (non-hydrogen) atoms. The van der Waals surface area contributed by atoms with Crippen LogP contribution in [0, 0.1) is 6.92 Å². The lowest BCUT2D eigenvalue weighted by Gasteiger charge is -2.34. The summed E-state index contributed by atoms with van der Waals surface area (Å²) in [6.07, 6.45) is 0. The van der Waals surface area contributed by atoms with Crippen LogP contribution in [-0.4, -0.2) is 50.4 Å². The van der Waals surface area contributed by atoms with Crippen molar-refractivity contribution in [1.29, 1.82) is 0 Å². The van der Waals surface area contributed by atoms with Crippen molar-refractivity contribution >= 4 is 50.7 Å². The van der Waals surface area contributed by atoms with Gasteiger partial charge in [0.2, 0.25) is 11.8 Å². The molecule has 0 aliphatic rings. The van der Waals surface area contributed by atoms with Gasteiger partial charge in [0.05, 0.1) is 17.7 Å². The van der Waals surface area contributed by atoms with E-state index < -0.39 is 40.0 Å². The second-order valence-electron chi connectivity index (χ2n) is 10.7. The average molecular weight is 621 g/mol. The van der Waals surface area contributed by atoms with Crippen LogP contribution in [0.5, 0.6) is 5.75 Å². The largest absolute Gasteiger partial charge is 0.495 e. The number of nitrogens with zero attached hydrogens (tertiary/aromatic N) is 2. The molecule has 0 saturated heterocycles. The molecule has 2 amide bonds. The first kappa shape index (κ1) is 32.2. The van der Waals surface area contributed by atoms with Crippen LogP contribution >= 0.6 is 23.2 Å². The Morgan fingerprint density at radius 2 is 1.66 bits per heavy atom. The van der Waals surface area contributed by atoms with Gasteiger partial charge in [-0.25, -0.2) is 8.42 Å². The predicted molar refractivity (Wildman–Crippen MR) is 163 cm³/mol. The van der Waals surface area contributed by atoms with E-state index in [1.807, 2.05) is 27.7 Å². The van der Waals surface area contributed by atoms with E-state index >= 15 is 0 Å². The van der Waals surface area contributed by atoms with E-state index in [2.05, 4.69) is 5.32 Å². The fourth-order valence-electron chi connectivity index (χ4n) is 4.12. The molecule has 0 bridgehead atoms. The second-order valence-corrected chi connectivity index (χ2v) is 13.4. The molecule has 220 valence electrons. The fourth-order valence-corrected chi connectivity index (χ4v) is 6.02. The van der Waals surface area contributed by atoms with E-state index in [0.717, 1.165) is 9.87 Å². The normalized spacial score (nSPS) is 12.4. The minimum absolute atomic E-state index is 0.00202. The first-order chi connectivity index (χ1) is 19.1. The smallest absolute Gasteiger partial charge is 0.264 e. The number of carbonyl (C=O) groups is 2. The summed E-state index contributed by atoms with van der Waals surface area (Å²) >= 11 is 12.5. The van der Waals surface area contributed by atoms with Crippen molar-refractivity contribution < 1.29 is 22.7 Å². The Morgan fingerprint density at radius 3 is 2.24 bits per heavy atom. The molecule has 0 spiro atoms. The van der Waals surface area contributed by atoms with E-state index in [1.165, 1.54) is 24.1 Å². The molecule has 3 aromatic rings. The molecule has 0 aliphatic carbocycles. The van der Waals surface area contributed by atoms with Gasteiger partial charge in [0.15, 0.2) is 0 Å². The zero-order valence-corrected chi connectivity index (χ0v) is 26.3. The van der Waals surface area contributed by atoms with Gasteiger partial charge in [-0.3, -0.25) is 13.9 Å². The summed E-state index contributed by atoms with van der Waals surface area (Å²) in [5.74, 6) is -0.745. The zero-order valence-electron chi connectivity index (χ0n) is 23.9. The van der Waals surface area contributed by atoms with E-state index in [1.54, 1.807) is 61.5 Å². The molecule has 1 N–H and O–H groups in total. The summed E-state index contributed by atoms with van der Waals surface area (Å²) in [6.45, 7) is 8.24. The van der Waals surface area contributed by atoms with Crippen LogP contribution in [0.15, 0.2) is 71.6 Å². The Labute approximate surface area is 252 Å². The average Bonchev–Trinajstić information content (AvgIpc) is 2.90. The number of nitrogens with one attached hydrogen (secondary N) is 1. The molecule has 3 rings (SSSR count). The first-order valence-electron chi connectivity index (χ1n) is 12.9. The van der Waals surface area contributed by atoms with Crippen LogP contribution in [0.2, 0.25) is 10.0 Å². The van der Waals surface area contributed by atoms with Crippen LogP contribution in [0.25, 0.3) is 0 Å². The van der Waals surface area contributed by atoms with Crippen LogP contribution in [0.4, 0.5) is 5.69 Å². The monoisotopic (exact) mass is 619 g/mol. The highest BCUT2D eigenvalue weighted by atomic mass is 35.5. The molecule has 0 saturated carbocycles. The minimum atomic E-state index is -4.23. The maximum absolute atomic E-state index is 14.1. The van der Waals surface area contributed by atoms with Gasteiger partial charge in [0, 0.05) is 22.1 Å². The molecular weight excluding hydrogens is 585 g/mol. The number of anilines is 1. The zero-order chi connectivity index (χ0) is 30.5. The molecule has 1 unspecified atom stereocenters. The Hall–Kier alpha value is -3.27. The lowest BCUT2D eigenvalue weighted by molar-refractivity contribution is -0.140. The standard InChI is InChI=1S/C30H35Cl2N3O5S/c1-20-12-15-27(40-6)26(16-20)35(41(38,39)24-10-8-7-9-11-24)19-28(36)34(21(2)29(37)33-30(3,4)5)18-22-13-14-23(31)17-25(22)32/h7-17,21H,18-19H2,1-6H3,(H,33,37). The maximum Gasteiger partial charge on any atom is 0.264 e. The number of hydrogen-bond acceptors (Lipinski definition) is 5. The van der Waals surface area contributed by atoms with Crippen LogP contribution in [0.3, 0.4) is 0 Å². The third-order valence-electron chi connectivity index (χ3n) is 6.23. The third-order valence-corrected chi connectivity index (χ3v) is 8.60. The Bertz CT molecular complexity index is 1510. The van der Waals surface area contributed by atoms with Crippen molar-refractivity contribution in [3.63, 3.8) is 0 Å². The summed E-state index contributed by atoms with van der Waals surface area (Å²) < 4.78 is 34.5. The van der Waals surface area contributed by atoms with Crippen molar-refractivity contribution in [2.45, 2.75) is 57.6 Å². The maximum atomic E-state index is 14.1. The molecule has 0 fully saturated rings. The van der Waals surface area contributed by atoms with Gasteiger partial charge < -0.3 is 15.0 Å². The quantitative estimate of drug-likeness (QED) is 0.308. The van der Waals surface area contributed by atoms with Crippen molar-refractivity contribution in [2.24, 2.45) is 0 Å². The number of sulfonamides is 1. The Balaban J connectivity index is 2.12. The van der Waals surface area contributed by atoms with Gasteiger partial charge >= 0.3 is 0 Å². The van der Waals surface area contributed by atoms with E-state index in [-0.39, 0.29) is 22.9 Å². The van der Waals surface area contributed by atoms with Crippen molar-refractivity contribution in [3.8, 4) is 5.75 Å². The molecule has 0 aliphatic heterocycles. The highest BCUT2D eigenvalue weighted by molar-refractivity contribution is 7.92. The number of ether oxygens (including phenoxy) is 1. The lowest BCUT2D eigenvalue weighted by Crippen LogP contribution is -2.54. The highest BCUT2D eigenvalue weighted by Gasteiger charge is 2.34. The lowest BCUT2D eigenvalue weighted by atomic mass is 10.1. The number of carbonyl (C=O) groups excluding carboxylic acids is 2. The summed E-state index contributed by atoms with van der Waals surface area (Å²) in [7, 11) is -2.80. The minimum Gasteiger partial charge on any atom is -0.495 e. The van der Waals surface area contributed by atoms with Gasteiger partial charge in [-0.15, -0.1) is 0 Å². The molecule has 3 aromatic carbocycles. The Morgan fingerprint density at radius 1 is 1.00 bits per heavy atom. The first-order valence-corrected chi connectivity index (χ1v) is 15.1. The van der Waals surface area contributed by atoms with Gasteiger partial charge in [0.1, 0.15) is 18.3 Å². The SMILES string of the molecule is COc1ccc(C)cc1N(CC(=O)N(Cc1ccc(Cl)cc1Cl)C(C)C(=O)NC(C)(C)C)S(=O)(=O)c1ccccc1. The number of benzene rings is 3. The number of hydrogen-bond donors (Lipinski definition) is 1. The fraction of sp³-hybridized carbons (Fsp3) is 0.333. The topological polar surface area (TPSA) is 96.0 Å². The van der Waals surface area contributed by atoms with E-state index in [9.17, 15) is 18.0 Å². The number of halogens is 2. The molecule has 0 heterocycles. The van der Waals surface area contributed by atoms with Gasteiger partial charge in [-0.2, -0.15) is 0 Å². The van der Waals surface area contributed by atoms with Crippen LogP contribution in [-0.2, 0) is 26.2 Å². The second kappa shape index (κ2) is 13.1. The highest BCUT2D eigenvalue weighted by Crippen LogP contribution is 2.34. The summed E-state index contributed by atoms with van der Waals surface area (Å²) in [6, 6.07) is 16.8. The predicted octanol–water partition coefficient (Wildman–Crippen LogP) is 5.84. The molecule has 8 nitrogen and oxygen atoms in total. The number of rotatable bonds is 10. The number of methoxy groups -OCH3 is 1. The van der Waals surface area contributed by atoms with Gasteiger partial charge in [-0.1, -0.05) is 53.5 Å². The third kappa shape index (κ3) is 8.15. The summed E-state index contributed by atoms with van der Waals surface area (Å²) in [5, 5.41) is 3.62. The van der Waals surface area contributed by atoms with Gasteiger partial charge in [0.25, 0.3) is 10.0 Å². The van der Waals surface area contributed by atoms with Crippen LogP contribution in [0.1, 0.15) is 38.8 Å². The molecule has 1 atom stereocenters. The van der Waals surface area contributed by atoms with E-state index in [0.29, 0.717) is 15.6 Å². The van der Waals surface area contributed by atoms with Gasteiger partial charge in [-0.05, 0) is 82.1 Å². The number of aryl methyl sites for hydroxylation is 1. The molecule has 0 radical (unpaired) electrons. The van der Waals surface area contributed by atoms with Crippen LogP contribution < -0.4 is 14.4 Å².